The Morgan fingerprint density at radius 1 is 0.889 bits per heavy atom. The van der Waals surface area contributed by atoms with Crippen LogP contribution in [-0.4, -0.2) is 56.5 Å². The van der Waals surface area contributed by atoms with E-state index in [0.717, 1.165) is 0 Å². The van der Waals surface area contributed by atoms with Gasteiger partial charge in [-0.3, -0.25) is 4.55 Å². The van der Waals surface area contributed by atoms with Crippen LogP contribution in [0.3, 0.4) is 0 Å². The number of halogens is 10. The highest BCUT2D eigenvalue weighted by atomic mass is 32.2. The topological polar surface area (TPSA) is 66.4 Å². The van der Waals surface area contributed by atoms with E-state index in [1.54, 1.807) is 0 Å². The number of nitrogens with one attached hydrogen (secondary N) is 1. The van der Waals surface area contributed by atoms with Gasteiger partial charge in [0.25, 0.3) is 0 Å². The van der Waals surface area contributed by atoms with Crippen molar-refractivity contribution in [1.29, 1.82) is 0 Å². The predicted molar refractivity (Wildman–Crippen MR) is 75.4 cm³/mol. The first-order chi connectivity index (χ1) is 11.8. The lowest BCUT2D eigenvalue weighted by atomic mass is 10.0. The van der Waals surface area contributed by atoms with Crippen LogP contribution in [0.1, 0.15) is 32.1 Å². The Kier molecular flexibility index (Phi) is 10.6. The summed E-state index contributed by atoms with van der Waals surface area (Å²) < 4.78 is 155. The van der Waals surface area contributed by atoms with Crippen molar-refractivity contribution in [3.63, 3.8) is 0 Å². The second-order valence-corrected chi connectivity index (χ2v) is 6.83. The Morgan fingerprint density at radius 3 is 1.63 bits per heavy atom. The van der Waals surface area contributed by atoms with Crippen LogP contribution < -0.4 is 5.32 Å². The van der Waals surface area contributed by atoms with Crippen molar-refractivity contribution in [2.24, 2.45) is 0 Å². The maximum Gasteiger partial charge on any atom is 0.438 e. The van der Waals surface area contributed by atoms with E-state index in [9.17, 15) is 52.3 Å². The minimum atomic E-state index is -6.98. The molecule has 27 heavy (non-hydrogen) atoms. The van der Waals surface area contributed by atoms with Crippen LogP contribution in [0.5, 0.6) is 0 Å². The van der Waals surface area contributed by atoms with Gasteiger partial charge in [0, 0.05) is 6.42 Å². The molecule has 0 radical (unpaired) electrons. The van der Waals surface area contributed by atoms with E-state index in [0.29, 0.717) is 0 Å². The third kappa shape index (κ3) is 7.97. The highest BCUT2D eigenvalue weighted by Gasteiger charge is 2.79. The van der Waals surface area contributed by atoms with Gasteiger partial charge in [-0.1, -0.05) is 12.8 Å². The Labute approximate surface area is 149 Å². The molecule has 0 aliphatic carbocycles. The molecular formula is C12H19F10NO3S. The van der Waals surface area contributed by atoms with Crippen LogP contribution in [-0.2, 0) is 10.1 Å². The lowest BCUT2D eigenvalue weighted by molar-refractivity contribution is -0.300. The van der Waals surface area contributed by atoms with Crippen molar-refractivity contribution in [1.82, 2.24) is 5.32 Å². The molecule has 0 bridgehead atoms. The van der Waals surface area contributed by atoms with Crippen molar-refractivity contribution >= 4 is 10.1 Å². The predicted octanol–water partition coefficient (Wildman–Crippen LogP) is 4.42. The van der Waals surface area contributed by atoms with Gasteiger partial charge >= 0.3 is 33.4 Å². The Hall–Kier alpha value is -0.830. The molecule has 0 rings (SSSR count). The zero-order valence-electron chi connectivity index (χ0n) is 14.1. The first kappa shape index (κ1) is 28.4. The molecule has 0 amide bonds. The quantitative estimate of drug-likeness (QED) is 0.312. The summed E-state index contributed by atoms with van der Waals surface area (Å²) in [5, 5.41) is -3.91. The molecule has 2 N–H and O–H groups in total. The highest BCUT2D eigenvalue weighted by Crippen LogP contribution is 2.50. The van der Waals surface area contributed by atoms with E-state index < -0.39 is 71.7 Å². The molecule has 1 atom stereocenters. The van der Waals surface area contributed by atoms with Crippen molar-refractivity contribution in [3.8, 4) is 0 Å². The van der Waals surface area contributed by atoms with Gasteiger partial charge in [-0.05, 0) is 26.9 Å². The summed E-state index contributed by atoms with van der Waals surface area (Å²) in [5.74, 6) is -13.0. The minimum Gasteiger partial charge on any atom is -0.323 e. The molecule has 1 unspecified atom stereocenters. The molecule has 0 saturated heterocycles. The van der Waals surface area contributed by atoms with Crippen molar-refractivity contribution < 1.29 is 56.9 Å². The fraction of sp³-hybridized carbons (Fsp3) is 1.00. The SMILES string of the molecule is CNC.O=S(=O)(O)C(F)(F)C(F)(F)C(F)(F)C(F)CCCCCC(F)(F)F. The van der Waals surface area contributed by atoms with Crippen molar-refractivity contribution in [2.75, 3.05) is 14.1 Å². The van der Waals surface area contributed by atoms with Gasteiger partial charge in [0.1, 0.15) is 0 Å². The van der Waals surface area contributed by atoms with Crippen LogP contribution >= 0.6 is 0 Å². The zero-order chi connectivity index (χ0) is 22.3. The molecule has 0 aromatic rings. The smallest absolute Gasteiger partial charge is 0.323 e. The molecule has 166 valence electrons. The molecule has 0 aliphatic heterocycles. The molecule has 0 heterocycles. The Balaban J connectivity index is 0. The molecule has 15 heteroatoms. The van der Waals surface area contributed by atoms with Gasteiger partial charge in [0.2, 0.25) is 0 Å². The van der Waals surface area contributed by atoms with E-state index in [1.807, 2.05) is 14.1 Å². The third-order valence-corrected chi connectivity index (χ3v) is 3.82. The molecular weight excluding hydrogens is 428 g/mol. The van der Waals surface area contributed by atoms with Gasteiger partial charge in [-0.15, -0.1) is 0 Å². The van der Waals surface area contributed by atoms with Crippen LogP contribution in [0.15, 0.2) is 0 Å². The third-order valence-electron chi connectivity index (χ3n) is 2.92. The standard InChI is InChI=1S/C10H12F10O3S.C2H7N/c11-6(4-2-1-3-5-7(12,13)14)8(15,16)9(17,18)10(19,20)24(21,22)23;1-3-2/h6H,1-5H2,(H,21,22,23);3H,1-2H3. The summed E-state index contributed by atoms with van der Waals surface area (Å²) in [6, 6.07) is 0. The van der Waals surface area contributed by atoms with Gasteiger partial charge in [-0.2, -0.15) is 47.9 Å². The summed E-state index contributed by atoms with van der Waals surface area (Å²) in [7, 11) is -3.23. The zero-order valence-corrected chi connectivity index (χ0v) is 14.9. The molecule has 0 spiro atoms. The second-order valence-electron chi connectivity index (χ2n) is 5.37. The summed E-state index contributed by atoms with van der Waals surface area (Å²) in [6.07, 6.45) is -13.3. The van der Waals surface area contributed by atoms with Crippen LogP contribution in [0.4, 0.5) is 43.9 Å². The summed E-state index contributed by atoms with van der Waals surface area (Å²) in [5.41, 5.74) is 0. The van der Waals surface area contributed by atoms with Crippen LogP contribution in [0.25, 0.3) is 0 Å². The molecule has 4 nitrogen and oxygen atoms in total. The van der Waals surface area contributed by atoms with Gasteiger partial charge in [0.05, 0.1) is 0 Å². The van der Waals surface area contributed by atoms with Crippen molar-refractivity contribution in [2.45, 2.75) is 61.6 Å². The highest BCUT2D eigenvalue weighted by molar-refractivity contribution is 7.87. The maximum absolute atomic E-state index is 13.2. The molecule has 0 aliphatic rings. The van der Waals surface area contributed by atoms with Gasteiger partial charge in [-0.25, -0.2) is 4.39 Å². The number of hydrogen-bond donors (Lipinski definition) is 2. The van der Waals surface area contributed by atoms with E-state index in [1.165, 1.54) is 0 Å². The van der Waals surface area contributed by atoms with Gasteiger partial charge < -0.3 is 5.32 Å². The monoisotopic (exact) mass is 447 g/mol. The summed E-state index contributed by atoms with van der Waals surface area (Å²) >= 11 is 0. The van der Waals surface area contributed by atoms with Crippen molar-refractivity contribution in [3.05, 3.63) is 0 Å². The number of rotatable bonds is 9. The fourth-order valence-electron chi connectivity index (χ4n) is 1.56. The fourth-order valence-corrected chi connectivity index (χ4v) is 2.02. The number of unbranched alkanes of at least 4 members (excludes halogenated alkanes) is 2. The Morgan fingerprint density at radius 2 is 1.30 bits per heavy atom. The number of hydrogen-bond acceptors (Lipinski definition) is 3. The van der Waals surface area contributed by atoms with E-state index in [-0.39, 0.29) is 0 Å². The normalized spacial score (nSPS) is 15.1. The number of alkyl halides is 10. The van der Waals surface area contributed by atoms with E-state index in [4.69, 9.17) is 4.55 Å². The second kappa shape index (κ2) is 10.1. The van der Waals surface area contributed by atoms with Crippen LogP contribution in [0, 0.1) is 0 Å². The lowest BCUT2D eigenvalue weighted by Gasteiger charge is -2.32. The molecule has 0 aromatic carbocycles. The summed E-state index contributed by atoms with van der Waals surface area (Å²) in [6.45, 7) is 0. The lowest BCUT2D eigenvalue weighted by Crippen LogP contribution is -2.61. The van der Waals surface area contributed by atoms with E-state index in [2.05, 4.69) is 5.32 Å². The first-order valence-corrected chi connectivity index (χ1v) is 8.63. The average Bonchev–Trinajstić information content (AvgIpc) is 2.44. The van der Waals surface area contributed by atoms with E-state index >= 15 is 0 Å². The molecule has 0 aromatic heterocycles. The average molecular weight is 447 g/mol. The summed E-state index contributed by atoms with van der Waals surface area (Å²) in [4.78, 5) is 0. The van der Waals surface area contributed by atoms with Gasteiger partial charge in [0.15, 0.2) is 6.17 Å². The van der Waals surface area contributed by atoms with Crippen LogP contribution in [0.2, 0.25) is 0 Å². The largest absolute Gasteiger partial charge is 0.438 e. The Bertz CT molecular complexity index is 536. The minimum absolute atomic E-state index is 0.504. The molecule has 0 saturated carbocycles. The maximum atomic E-state index is 13.2. The molecule has 0 fully saturated rings. The first-order valence-electron chi connectivity index (χ1n) is 7.19.